The first-order valence-electron chi connectivity index (χ1n) is 7.05. The Labute approximate surface area is 122 Å². The van der Waals surface area contributed by atoms with E-state index in [2.05, 4.69) is 4.98 Å². The van der Waals surface area contributed by atoms with E-state index < -0.39 is 0 Å². The quantitative estimate of drug-likeness (QED) is 0.881. The predicted octanol–water partition coefficient (Wildman–Crippen LogP) is 2.55. The summed E-state index contributed by atoms with van der Waals surface area (Å²) in [6, 6.07) is 5.72. The third kappa shape index (κ3) is 2.09. The van der Waals surface area contributed by atoms with E-state index in [0.717, 1.165) is 22.0 Å². The Hall–Kier alpha value is -2.30. The zero-order chi connectivity index (χ0) is 15.0. The van der Waals surface area contributed by atoms with Gasteiger partial charge in [0.1, 0.15) is 5.69 Å². The molecule has 1 N–H and O–H groups in total. The monoisotopic (exact) mass is 287 g/mol. The molecule has 0 fully saturated rings. The molecule has 1 aromatic heterocycles. The summed E-state index contributed by atoms with van der Waals surface area (Å²) in [6.45, 7) is 2.12. The van der Waals surface area contributed by atoms with Gasteiger partial charge < -0.3 is 14.5 Å². The maximum Gasteiger partial charge on any atom is 0.355 e. The largest absolute Gasteiger partial charge is 0.469 e. The summed E-state index contributed by atoms with van der Waals surface area (Å²) < 4.78 is 9.99. The molecule has 1 heterocycles. The number of carbonyl (C=O) groups excluding carboxylic acids is 2. The number of benzene rings is 1. The van der Waals surface area contributed by atoms with Gasteiger partial charge in [0.25, 0.3) is 0 Å². The number of rotatable bonds is 3. The highest BCUT2D eigenvalue weighted by Crippen LogP contribution is 2.39. The van der Waals surface area contributed by atoms with Crippen LogP contribution in [-0.4, -0.2) is 30.6 Å². The minimum atomic E-state index is -0.342. The Kier molecular flexibility index (Phi) is 3.41. The summed E-state index contributed by atoms with van der Waals surface area (Å²) in [4.78, 5) is 27.1. The maximum absolute atomic E-state index is 12.1. The van der Waals surface area contributed by atoms with Crippen molar-refractivity contribution < 1.29 is 19.1 Å². The van der Waals surface area contributed by atoms with Crippen LogP contribution in [0.4, 0.5) is 0 Å². The molecule has 110 valence electrons. The van der Waals surface area contributed by atoms with Crippen LogP contribution in [0, 0.1) is 0 Å². The van der Waals surface area contributed by atoms with Crippen LogP contribution in [0.15, 0.2) is 18.2 Å². The molecule has 5 nitrogen and oxygen atoms in total. The lowest BCUT2D eigenvalue weighted by Crippen LogP contribution is -2.19. The first kappa shape index (κ1) is 13.7. The number of hydrogen-bond acceptors (Lipinski definition) is 4. The summed E-state index contributed by atoms with van der Waals surface area (Å²) in [5.41, 5.74) is 3.23. The summed E-state index contributed by atoms with van der Waals surface area (Å²) in [5, 5.41) is 0.960. The molecule has 5 heteroatoms. The summed E-state index contributed by atoms with van der Waals surface area (Å²) in [6.07, 6.45) is 1.30. The van der Waals surface area contributed by atoms with Gasteiger partial charge in [-0.3, -0.25) is 4.79 Å². The Morgan fingerprint density at radius 1 is 1.38 bits per heavy atom. The van der Waals surface area contributed by atoms with Gasteiger partial charge in [0.05, 0.1) is 19.6 Å². The van der Waals surface area contributed by atoms with Crippen molar-refractivity contribution in [2.45, 2.75) is 25.7 Å². The highest BCUT2D eigenvalue weighted by atomic mass is 16.5. The highest BCUT2D eigenvalue weighted by Gasteiger charge is 2.32. The zero-order valence-corrected chi connectivity index (χ0v) is 12.1. The fraction of sp³-hybridized carbons (Fsp3) is 0.375. The summed E-state index contributed by atoms with van der Waals surface area (Å²) in [7, 11) is 1.40. The molecule has 0 spiro atoms. The molecule has 1 aliphatic rings. The van der Waals surface area contributed by atoms with Crippen LogP contribution in [0.1, 0.15) is 40.9 Å². The van der Waals surface area contributed by atoms with E-state index in [4.69, 9.17) is 9.47 Å². The number of methoxy groups -OCH3 is 1. The van der Waals surface area contributed by atoms with Gasteiger partial charge in [-0.1, -0.05) is 12.1 Å². The minimum absolute atomic E-state index is 0.230. The molecular formula is C16H17NO4. The van der Waals surface area contributed by atoms with Crippen LogP contribution in [0.3, 0.4) is 0 Å². The minimum Gasteiger partial charge on any atom is -0.469 e. The standard InChI is InChI=1S/C16H17NO4/c1-3-21-16(19)14-11-8-7-10(15(18)20-2)9-5-4-6-12(17-14)13(9)11/h4-6,10,17H,3,7-8H2,1-2H3. The third-order valence-electron chi connectivity index (χ3n) is 3.98. The number of hydrogen-bond donors (Lipinski definition) is 1. The second kappa shape index (κ2) is 5.24. The van der Waals surface area contributed by atoms with Crippen molar-refractivity contribution >= 4 is 22.8 Å². The molecular weight excluding hydrogens is 270 g/mol. The molecule has 1 aliphatic carbocycles. The number of nitrogens with one attached hydrogen (secondary N) is 1. The van der Waals surface area contributed by atoms with Gasteiger partial charge in [-0.05, 0) is 37.0 Å². The summed E-state index contributed by atoms with van der Waals surface area (Å²) >= 11 is 0. The van der Waals surface area contributed by atoms with E-state index in [1.807, 2.05) is 18.2 Å². The van der Waals surface area contributed by atoms with Gasteiger partial charge in [-0.15, -0.1) is 0 Å². The van der Waals surface area contributed by atoms with Crippen molar-refractivity contribution in [3.8, 4) is 0 Å². The number of esters is 2. The van der Waals surface area contributed by atoms with E-state index in [1.165, 1.54) is 7.11 Å². The average molecular weight is 287 g/mol. The van der Waals surface area contributed by atoms with Crippen molar-refractivity contribution in [1.82, 2.24) is 4.98 Å². The maximum atomic E-state index is 12.1. The van der Waals surface area contributed by atoms with Gasteiger partial charge in [0.15, 0.2) is 0 Å². The van der Waals surface area contributed by atoms with Gasteiger partial charge in [0.2, 0.25) is 0 Å². The van der Waals surface area contributed by atoms with Crippen molar-refractivity contribution in [1.29, 1.82) is 0 Å². The van der Waals surface area contributed by atoms with Crippen LogP contribution in [0.25, 0.3) is 10.9 Å². The molecule has 0 amide bonds. The third-order valence-corrected chi connectivity index (χ3v) is 3.98. The van der Waals surface area contributed by atoms with Crippen molar-refractivity contribution in [2.24, 2.45) is 0 Å². The van der Waals surface area contributed by atoms with Gasteiger partial charge in [-0.2, -0.15) is 0 Å². The highest BCUT2D eigenvalue weighted by molar-refractivity contribution is 6.01. The topological polar surface area (TPSA) is 68.4 Å². The van der Waals surface area contributed by atoms with E-state index in [-0.39, 0.29) is 17.9 Å². The lowest BCUT2D eigenvalue weighted by Gasteiger charge is -2.21. The van der Waals surface area contributed by atoms with E-state index in [1.54, 1.807) is 6.92 Å². The molecule has 0 radical (unpaired) electrons. The summed E-state index contributed by atoms with van der Waals surface area (Å²) in [5.74, 6) is -0.838. The number of H-pyrrole nitrogens is 1. The Bertz CT molecular complexity index is 716. The Morgan fingerprint density at radius 2 is 2.19 bits per heavy atom. The van der Waals surface area contributed by atoms with Crippen molar-refractivity contribution in [2.75, 3.05) is 13.7 Å². The molecule has 0 saturated heterocycles. The molecule has 21 heavy (non-hydrogen) atoms. The fourth-order valence-corrected chi connectivity index (χ4v) is 3.10. The predicted molar refractivity (Wildman–Crippen MR) is 77.3 cm³/mol. The van der Waals surface area contributed by atoms with Crippen LogP contribution >= 0.6 is 0 Å². The lowest BCUT2D eigenvalue weighted by molar-refractivity contribution is -0.142. The molecule has 1 aromatic carbocycles. The Balaban J connectivity index is 2.17. The smallest absolute Gasteiger partial charge is 0.355 e. The normalized spacial score (nSPS) is 16.8. The number of carbonyl (C=O) groups is 2. The van der Waals surface area contributed by atoms with Crippen LogP contribution in [0.2, 0.25) is 0 Å². The van der Waals surface area contributed by atoms with E-state index in [0.29, 0.717) is 25.1 Å². The first-order chi connectivity index (χ1) is 10.2. The molecule has 1 atom stereocenters. The van der Waals surface area contributed by atoms with Gasteiger partial charge in [-0.25, -0.2) is 4.79 Å². The average Bonchev–Trinajstić information content (AvgIpc) is 2.88. The van der Waals surface area contributed by atoms with Gasteiger partial charge in [0, 0.05) is 10.9 Å². The van der Waals surface area contributed by atoms with Crippen molar-refractivity contribution in [3.05, 3.63) is 35.0 Å². The van der Waals surface area contributed by atoms with Crippen LogP contribution in [-0.2, 0) is 20.7 Å². The van der Waals surface area contributed by atoms with Crippen LogP contribution in [0.5, 0.6) is 0 Å². The van der Waals surface area contributed by atoms with E-state index >= 15 is 0 Å². The molecule has 0 aliphatic heterocycles. The Morgan fingerprint density at radius 3 is 2.90 bits per heavy atom. The number of ether oxygens (including phenoxy) is 2. The molecule has 0 saturated carbocycles. The first-order valence-corrected chi connectivity index (χ1v) is 7.05. The van der Waals surface area contributed by atoms with Crippen LogP contribution < -0.4 is 0 Å². The SMILES string of the molecule is CCOC(=O)c1[nH]c2cccc3c2c1CCC3C(=O)OC. The molecule has 3 rings (SSSR count). The second-order valence-electron chi connectivity index (χ2n) is 5.08. The number of aryl methyl sites for hydroxylation is 1. The van der Waals surface area contributed by atoms with E-state index in [9.17, 15) is 9.59 Å². The lowest BCUT2D eigenvalue weighted by atomic mass is 9.83. The number of aromatic nitrogens is 1. The zero-order valence-electron chi connectivity index (χ0n) is 12.1. The fourth-order valence-electron chi connectivity index (χ4n) is 3.10. The number of aromatic amines is 1. The molecule has 2 aromatic rings. The second-order valence-corrected chi connectivity index (χ2v) is 5.08. The van der Waals surface area contributed by atoms with Crippen molar-refractivity contribution in [3.63, 3.8) is 0 Å². The van der Waals surface area contributed by atoms with Gasteiger partial charge >= 0.3 is 11.9 Å². The molecule has 1 unspecified atom stereocenters. The molecule has 0 bridgehead atoms.